The van der Waals surface area contributed by atoms with Crippen molar-refractivity contribution in [3.63, 3.8) is 0 Å². The number of halogens is 1. The fourth-order valence-electron chi connectivity index (χ4n) is 5.33. The van der Waals surface area contributed by atoms with Gasteiger partial charge in [0.2, 0.25) is 10.0 Å². The van der Waals surface area contributed by atoms with Gasteiger partial charge in [-0.25, -0.2) is 22.8 Å². The minimum atomic E-state index is -3.68. The van der Waals surface area contributed by atoms with Gasteiger partial charge < -0.3 is 14.2 Å². The van der Waals surface area contributed by atoms with E-state index < -0.39 is 39.4 Å². The highest BCUT2D eigenvalue weighted by Crippen LogP contribution is 2.46. The van der Waals surface area contributed by atoms with E-state index in [-0.39, 0.29) is 25.8 Å². The molecule has 0 amide bonds. The number of ether oxygens (including phenoxy) is 3. The lowest BCUT2D eigenvalue weighted by Gasteiger charge is -2.31. The number of aromatic nitrogens is 2. The number of carbonyl (C=O) groups excluding carboxylic acids is 1. The third-order valence-electron chi connectivity index (χ3n) is 7.18. The van der Waals surface area contributed by atoms with E-state index in [1.54, 1.807) is 25.3 Å². The molecule has 4 rings (SSSR count). The molecule has 0 spiro atoms. The lowest BCUT2D eigenvalue weighted by Crippen LogP contribution is -2.44. The van der Waals surface area contributed by atoms with Gasteiger partial charge in [-0.2, -0.15) is 4.31 Å². The summed E-state index contributed by atoms with van der Waals surface area (Å²) in [6, 6.07) is 13.9. The zero-order chi connectivity index (χ0) is 28.2. The summed E-state index contributed by atoms with van der Waals surface area (Å²) < 4.78 is 57.0. The molecule has 0 saturated heterocycles. The third kappa shape index (κ3) is 6.43. The Morgan fingerprint density at radius 3 is 2.33 bits per heavy atom. The SMILES string of the molecule is COC(=O)[C@@]1(Cc2cccc(-c3ncc(F)cn3)c2)C[C@H](OC)[C@H](N(Cc2ccc(OC)cc2)S(C)(=O)=O)C1. The fourth-order valence-corrected chi connectivity index (χ4v) is 6.41. The molecule has 9 nitrogen and oxygen atoms in total. The number of hydrogen-bond donors (Lipinski definition) is 0. The van der Waals surface area contributed by atoms with Crippen LogP contribution in [0.3, 0.4) is 0 Å². The van der Waals surface area contributed by atoms with Crippen LogP contribution in [0.15, 0.2) is 60.9 Å². The first-order chi connectivity index (χ1) is 18.6. The number of rotatable bonds is 10. The summed E-state index contributed by atoms with van der Waals surface area (Å²) in [7, 11) is 0.726. The Labute approximate surface area is 228 Å². The molecule has 1 heterocycles. The molecule has 1 fully saturated rings. The van der Waals surface area contributed by atoms with Crippen molar-refractivity contribution in [1.29, 1.82) is 0 Å². The van der Waals surface area contributed by atoms with Gasteiger partial charge >= 0.3 is 5.97 Å². The van der Waals surface area contributed by atoms with Crippen molar-refractivity contribution in [2.45, 2.75) is 38.0 Å². The molecule has 11 heteroatoms. The van der Waals surface area contributed by atoms with Crippen molar-refractivity contribution in [3.8, 4) is 17.1 Å². The number of benzene rings is 2. The van der Waals surface area contributed by atoms with Crippen LogP contribution >= 0.6 is 0 Å². The molecule has 0 radical (unpaired) electrons. The summed E-state index contributed by atoms with van der Waals surface area (Å²) in [6.07, 6.45) is 3.57. The van der Waals surface area contributed by atoms with Gasteiger partial charge in [-0.3, -0.25) is 4.79 Å². The van der Waals surface area contributed by atoms with Crippen molar-refractivity contribution < 1.29 is 31.8 Å². The number of methoxy groups -OCH3 is 3. The van der Waals surface area contributed by atoms with Crippen molar-refractivity contribution >= 4 is 16.0 Å². The number of carbonyl (C=O) groups is 1. The van der Waals surface area contributed by atoms with Gasteiger partial charge in [0.05, 0.1) is 50.4 Å². The third-order valence-corrected chi connectivity index (χ3v) is 8.44. The maximum Gasteiger partial charge on any atom is 0.312 e. The topological polar surface area (TPSA) is 108 Å². The van der Waals surface area contributed by atoms with Crippen LogP contribution in [0.5, 0.6) is 5.75 Å². The summed E-state index contributed by atoms with van der Waals surface area (Å²) in [5.74, 6) is 0.0473. The zero-order valence-electron chi connectivity index (χ0n) is 22.3. The molecular formula is C28H32FN3O6S. The maximum absolute atomic E-state index is 13.3. The van der Waals surface area contributed by atoms with Crippen molar-refractivity contribution in [3.05, 3.63) is 77.9 Å². The highest BCUT2D eigenvalue weighted by molar-refractivity contribution is 7.88. The lowest BCUT2D eigenvalue weighted by molar-refractivity contribution is -0.153. The summed E-state index contributed by atoms with van der Waals surface area (Å²) in [5, 5.41) is 0. The van der Waals surface area contributed by atoms with Gasteiger partial charge in [-0.15, -0.1) is 0 Å². The standard InChI is InChI=1S/C28H32FN3O6S/c1-36-23-10-8-19(9-11-23)18-32(39(4,34)35)24-14-28(27(33)38-3,15-25(24)37-2)13-20-6-5-7-21(12-20)26-30-16-22(29)17-31-26/h5-12,16-17,24-25H,13-15,18H2,1-4H3/t24-,25+,28-/m1/s1. The Kier molecular flexibility index (Phi) is 8.63. The summed E-state index contributed by atoms with van der Waals surface area (Å²) >= 11 is 0. The van der Waals surface area contributed by atoms with E-state index in [4.69, 9.17) is 14.2 Å². The normalized spacial score (nSPS) is 21.2. The van der Waals surface area contributed by atoms with Crippen molar-refractivity contribution in [1.82, 2.24) is 14.3 Å². The van der Waals surface area contributed by atoms with Crippen LogP contribution in [0.4, 0.5) is 4.39 Å². The second kappa shape index (κ2) is 11.8. The monoisotopic (exact) mass is 557 g/mol. The fraction of sp³-hybridized carbons (Fsp3) is 0.393. The summed E-state index contributed by atoms with van der Waals surface area (Å²) in [4.78, 5) is 21.4. The van der Waals surface area contributed by atoms with Crippen LogP contribution in [0.2, 0.25) is 0 Å². The first-order valence-electron chi connectivity index (χ1n) is 12.4. The first kappa shape index (κ1) is 28.6. The largest absolute Gasteiger partial charge is 0.497 e. The van der Waals surface area contributed by atoms with E-state index in [2.05, 4.69) is 9.97 Å². The Bertz CT molecular complexity index is 1400. The second-order valence-corrected chi connectivity index (χ2v) is 11.7. The average Bonchev–Trinajstić information content (AvgIpc) is 3.30. The van der Waals surface area contributed by atoms with Crippen LogP contribution in [-0.4, -0.2) is 68.4 Å². The lowest BCUT2D eigenvalue weighted by atomic mass is 9.79. The zero-order valence-corrected chi connectivity index (χ0v) is 23.2. The summed E-state index contributed by atoms with van der Waals surface area (Å²) in [5.41, 5.74) is 1.22. The van der Waals surface area contributed by atoms with Gasteiger partial charge in [0.1, 0.15) is 5.75 Å². The molecule has 0 aliphatic heterocycles. The van der Waals surface area contributed by atoms with Crippen LogP contribution in [-0.2, 0) is 37.3 Å². The Balaban J connectivity index is 1.67. The maximum atomic E-state index is 13.3. The Hall–Kier alpha value is -3.41. The van der Waals surface area contributed by atoms with Crippen LogP contribution in [0, 0.1) is 11.2 Å². The molecule has 39 heavy (non-hydrogen) atoms. The number of hydrogen-bond acceptors (Lipinski definition) is 8. The molecule has 1 aromatic heterocycles. The Morgan fingerprint density at radius 1 is 1.05 bits per heavy atom. The summed E-state index contributed by atoms with van der Waals surface area (Å²) in [6.45, 7) is 0.113. The average molecular weight is 558 g/mol. The highest BCUT2D eigenvalue weighted by Gasteiger charge is 2.54. The molecule has 3 aromatic rings. The minimum absolute atomic E-state index is 0.113. The molecule has 0 unspecified atom stereocenters. The van der Waals surface area contributed by atoms with Crippen LogP contribution in [0.25, 0.3) is 11.4 Å². The predicted octanol–water partition coefficient (Wildman–Crippen LogP) is 3.63. The van der Waals surface area contributed by atoms with Gasteiger partial charge in [-0.1, -0.05) is 30.3 Å². The van der Waals surface area contributed by atoms with Gasteiger partial charge in [-0.05, 0) is 48.6 Å². The first-order valence-corrected chi connectivity index (χ1v) is 14.2. The molecular weight excluding hydrogens is 525 g/mol. The number of nitrogens with zero attached hydrogens (tertiary/aromatic N) is 3. The quantitative estimate of drug-likeness (QED) is 0.348. The molecule has 1 saturated carbocycles. The highest BCUT2D eigenvalue weighted by atomic mass is 32.2. The van der Waals surface area contributed by atoms with Crippen LogP contribution in [0.1, 0.15) is 24.0 Å². The van der Waals surface area contributed by atoms with E-state index in [0.29, 0.717) is 17.1 Å². The van der Waals surface area contributed by atoms with E-state index in [1.807, 2.05) is 30.3 Å². The molecule has 208 valence electrons. The van der Waals surface area contributed by atoms with Crippen molar-refractivity contribution in [2.24, 2.45) is 5.41 Å². The van der Waals surface area contributed by atoms with Gasteiger partial charge in [0.15, 0.2) is 11.6 Å². The van der Waals surface area contributed by atoms with Gasteiger partial charge in [0, 0.05) is 19.2 Å². The number of esters is 1. The molecule has 0 bridgehead atoms. The molecule has 2 aromatic carbocycles. The van der Waals surface area contributed by atoms with Crippen LogP contribution < -0.4 is 4.74 Å². The molecule has 0 N–H and O–H groups in total. The van der Waals surface area contributed by atoms with E-state index >= 15 is 0 Å². The molecule has 1 aliphatic rings. The van der Waals surface area contributed by atoms with E-state index in [1.165, 1.54) is 18.5 Å². The predicted molar refractivity (Wildman–Crippen MR) is 143 cm³/mol. The molecule has 3 atom stereocenters. The van der Waals surface area contributed by atoms with Gasteiger partial charge in [0.25, 0.3) is 0 Å². The van der Waals surface area contributed by atoms with E-state index in [0.717, 1.165) is 29.8 Å². The number of sulfonamides is 1. The minimum Gasteiger partial charge on any atom is -0.497 e. The van der Waals surface area contributed by atoms with Crippen molar-refractivity contribution in [2.75, 3.05) is 27.6 Å². The second-order valence-electron chi connectivity index (χ2n) is 9.78. The van der Waals surface area contributed by atoms with E-state index in [9.17, 15) is 17.6 Å². The Morgan fingerprint density at radius 2 is 1.74 bits per heavy atom. The smallest absolute Gasteiger partial charge is 0.312 e. The molecule has 1 aliphatic carbocycles.